The fourth-order valence-electron chi connectivity index (χ4n) is 1.58. The average molecular weight is 225 g/mol. The number of halogens is 1. The number of aliphatic imine (C=N–C) groups is 1. The molecule has 0 aliphatic carbocycles. The van der Waals surface area contributed by atoms with E-state index in [0.29, 0.717) is 19.5 Å². The molecule has 2 rings (SSSR count). The lowest BCUT2D eigenvalue weighted by Gasteiger charge is -2.12. The molecule has 0 spiro atoms. The summed E-state index contributed by atoms with van der Waals surface area (Å²) in [4.78, 5) is 4.28. The van der Waals surface area contributed by atoms with Crippen molar-refractivity contribution in [3.8, 4) is 0 Å². The molecule has 1 aromatic carbocycles. The Morgan fingerprint density at radius 3 is 3.00 bits per heavy atom. The molecule has 1 aliphatic heterocycles. The molecule has 1 heterocycles. The van der Waals surface area contributed by atoms with E-state index in [9.17, 15) is 0 Å². The standard InChI is InChI=1S/C11H13ClN2O/c12-9-4-2-1-3-8(9)10-7-14-11(15-10)5-6-13/h1-4,10H,5-7,13H2. The van der Waals surface area contributed by atoms with Crippen LogP contribution in [0.4, 0.5) is 0 Å². The molecule has 0 bridgehead atoms. The number of hydrogen-bond acceptors (Lipinski definition) is 3. The van der Waals surface area contributed by atoms with Crippen molar-refractivity contribution in [3.63, 3.8) is 0 Å². The zero-order valence-corrected chi connectivity index (χ0v) is 9.07. The van der Waals surface area contributed by atoms with E-state index in [1.807, 2.05) is 24.3 Å². The van der Waals surface area contributed by atoms with Gasteiger partial charge in [-0.05, 0) is 6.07 Å². The van der Waals surface area contributed by atoms with Crippen LogP contribution in [0.5, 0.6) is 0 Å². The molecule has 1 atom stereocenters. The quantitative estimate of drug-likeness (QED) is 0.856. The first kappa shape index (κ1) is 10.5. The van der Waals surface area contributed by atoms with E-state index in [0.717, 1.165) is 16.5 Å². The molecule has 4 heteroatoms. The summed E-state index contributed by atoms with van der Waals surface area (Å²) < 4.78 is 5.65. The second-order valence-corrected chi connectivity index (χ2v) is 3.81. The Balaban J connectivity index is 2.07. The maximum Gasteiger partial charge on any atom is 0.185 e. The molecule has 1 aromatic rings. The van der Waals surface area contributed by atoms with Crippen LogP contribution < -0.4 is 5.73 Å². The summed E-state index contributed by atoms with van der Waals surface area (Å²) in [6.07, 6.45) is 0.654. The van der Waals surface area contributed by atoms with Crippen molar-refractivity contribution in [1.29, 1.82) is 0 Å². The van der Waals surface area contributed by atoms with E-state index in [2.05, 4.69) is 4.99 Å². The van der Waals surface area contributed by atoms with Crippen LogP contribution in [-0.2, 0) is 4.74 Å². The lowest BCUT2D eigenvalue weighted by Crippen LogP contribution is -2.10. The van der Waals surface area contributed by atoms with Gasteiger partial charge in [-0.3, -0.25) is 4.99 Å². The molecule has 2 N–H and O–H groups in total. The molecular weight excluding hydrogens is 212 g/mol. The summed E-state index contributed by atoms with van der Waals surface area (Å²) in [6.45, 7) is 1.20. The first-order chi connectivity index (χ1) is 7.31. The van der Waals surface area contributed by atoms with Gasteiger partial charge in [-0.1, -0.05) is 29.8 Å². The summed E-state index contributed by atoms with van der Waals surface area (Å²) >= 11 is 6.07. The smallest absolute Gasteiger partial charge is 0.185 e. The molecule has 0 radical (unpaired) electrons. The van der Waals surface area contributed by atoms with Crippen LogP contribution in [0.2, 0.25) is 5.02 Å². The van der Waals surface area contributed by atoms with Gasteiger partial charge in [0.05, 0.1) is 6.54 Å². The van der Waals surface area contributed by atoms with Gasteiger partial charge >= 0.3 is 0 Å². The predicted molar refractivity (Wildman–Crippen MR) is 61.3 cm³/mol. The highest BCUT2D eigenvalue weighted by atomic mass is 35.5. The molecule has 3 nitrogen and oxygen atoms in total. The number of nitrogens with zero attached hydrogens (tertiary/aromatic N) is 1. The van der Waals surface area contributed by atoms with Crippen LogP contribution in [0.3, 0.4) is 0 Å². The minimum atomic E-state index is -0.0414. The van der Waals surface area contributed by atoms with Crippen LogP contribution >= 0.6 is 11.6 Å². The van der Waals surface area contributed by atoms with Gasteiger partial charge in [0, 0.05) is 23.6 Å². The Morgan fingerprint density at radius 2 is 2.27 bits per heavy atom. The molecule has 15 heavy (non-hydrogen) atoms. The van der Waals surface area contributed by atoms with Crippen molar-refractivity contribution in [2.45, 2.75) is 12.5 Å². The Labute approximate surface area is 93.9 Å². The predicted octanol–water partition coefficient (Wildman–Crippen LogP) is 2.16. The maximum absolute atomic E-state index is 6.07. The third-order valence-electron chi connectivity index (χ3n) is 2.32. The van der Waals surface area contributed by atoms with Crippen molar-refractivity contribution in [1.82, 2.24) is 0 Å². The molecule has 1 aliphatic rings. The number of benzene rings is 1. The topological polar surface area (TPSA) is 47.6 Å². The van der Waals surface area contributed by atoms with Gasteiger partial charge < -0.3 is 10.5 Å². The number of hydrogen-bond donors (Lipinski definition) is 1. The highest BCUT2D eigenvalue weighted by molar-refractivity contribution is 6.31. The average Bonchev–Trinajstić information content (AvgIpc) is 2.68. The van der Waals surface area contributed by atoms with Crippen molar-refractivity contribution in [2.75, 3.05) is 13.1 Å². The second kappa shape index (κ2) is 4.64. The highest BCUT2D eigenvalue weighted by Gasteiger charge is 2.22. The molecule has 80 valence electrons. The summed E-state index contributed by atoms with van der Waals surface area (Å²) in [5.41, 5.74) is 6.43. The summed E-state index contributed by atoms with van der Waals surface area (Å²) in [5, 5.41) is 0.728. The van der Waals surface area contributed by atoms with Gasteiger partial charge in [-0.2, -0.15) is 0 Å². The molecular formula is C11H13ClN2O. The lowest BCUT2D eigenvalue weighted by molar-refractivity contribution is 0.224. The Bertz CT molecular complexity index is 379. The second-order valence-electron chi connectivity index (χ2n) is 3.40. The number of ether oxygens (including phenoxy) is 1. The van der Waals surface area contributed by atoms with Crippen LogP contribution in [0, 0.1) is 0 Å². The molecule has 0 fully saturated rings. The third kappa shape index (κ3) is 2.30. The van der Waals surface area contributed by atoms with Gasteiger partial charge in [-0.25, -0.2) is 0 Å². The van der Waals surface area contributed by atoms with Crippen molar-refractivity contribution < 1.29 is 4.74 Å². The Hall–Kier alpha value is -1.06. The Kier molecular flexibility index (Phi) is 3.23. The number of rotatable bonds is 3. The van der Waals surface area contributed by atoms with E-state index < -0.39 is 0 Å². The fraction of sp³-hybridized carbons (Fsp3) is 0.364. The molecule has 0 amide bonds. The van der Waals surface area contributed by atoms with E-state index in [4.69, 9.17) is 22.1 Å². The van der Waals surface area contributed by atoms with Crippen molar-refractivity contribution in [3.05, 3.63) is 34.9 Å². The normalized spacial score (nSPS) is 19.9. The third-order valence-corrected chi connectivity index (χ3v) is 2.67. The molecule has 1 unspecified atom stereocenters. The van der Waals surface area contributed by atoms with Gasteiger partial charge in [0.1, 0.15) is 6.10 Å². The number of nitrogens with two attached hydrogens (primary N) is 1. The van der Waals surface area contributed by atoms with E-state index in [1.54, 1.807) is 0 Å². The lowest BCUT2D eigenvalue weighted by atomic mass is 10.1. The Morgan fingerprint density at radius 1 is 1.47 bits per heavy atom. The maximum atomic E-state index is 6.07. The van der Waals surface area contributed by atoms with Crippen molar-refractivity contribution in [2.24, 2.45) is 10.7 Å². The first-order valence-electron chi connectivity index (χ1n) is 4.95. The van der Waals surface area contributed by atoms with Crippen molar-refractivity contribution >= 4 is 17.5 Å². The zero-order chi connectivity index (χ0) is 10.7. The van der Waals surface area contributed by atoms with Crippen LogP contribution in [0.25, 0.3) is 0 Å². The van der Waals surface area contributed by atoms with E-state index >= 15 is 0 Å². The van der Waals surface area contributed by atoms with Gasteiger partial charge in [0.15, 0.2) is 5.90 Å². The summed E-state index contributed by atoms with van der Waals surface area (Å²) in [6, 6.07) is 7.68. The van der Waals surface area contributed by atoms with Gasteiger partial charge in [0.25, 0.3) is 0 Å². The molecule has 0 saturated carbocycles. The van der Waals surface area contributed by atoms with E-state index in [-0.39, 0.29) is 6.10 Å². The largest absolute Gasteiger partial charge is 0.471 e. The molecule has 0 saturated heterocycles. The van der Waals surface area contributed by atoms with Crippen LogP contribution in [0.1, 0.15) is 18.1 Å². The van der Waals surface area contributed by atoms with Crippen LogP contribution in [0.15, 0.2) is 29.3 Å². The van der Waals surface area contributed by atoms with E-state index in [1.165, 1.54) is 0 Å². The van der Waals surface area contributed by atoms with Gasteiger partial charge in [0.2, 0.25) is 0 Å². The van der Waals surface area contributed by atoms with Gasteiger partial charge in [-0.15, -0.1) is 0 Å². The monoisotopic (exact) mass is 224 g/mol. The SMILES string of the molecule is NCCC1=NCC(c2ccccc2Cl)O1. The minimum Gasteiger partial charge on any atom is -0.471 e. The molecule has 0 aromatic heterocycles. The highest BCUT2D eigenvalue weighted by Crippen LogP contribution is 2.29. The summed E-state index contributed by atoms with van der Waals surface area (Å²) in [5.74, 6) is 0.738. The summed E-state index contributed by atoms with van der Waals surface area (Å²) in [7, 11) is 0. The van der Waals surface area contributed by atoms with Crippen LogP contribution in [-0.4, -0.2) is 19.0 Å². The first-order valence-corrected chi connectivity index (χ1v) is 5.33. The zero-order valence-electron chi connectivity index (χ0n) is 8.32. The fourth-order valence-corrected chi connectivity index (χ4v) is 1.84. The minimum absolute atomic E-state index is 0.0414.